The molecule has 0 amide bonds. The molecule has 0 aliphatic rings. The molecular formula is C16H16ClNO3. The van der Waals surface area contributed by atoms with Crippen molar-refractivity contribution in [2.45, 2.75) is 19.6 Å². The molecule has 4 nitrogen and oxygen atoms in total. The lowest BCUT2D eigenvalue weighted by Crippen LogP contribution is -2.06. The molecule has 0 bridgehead atoms. The molecule has 3 N–H and O–H groups in total. The molecule has 0 heterocycles. The highest BCUT2D eigenvalue weighted by molar-refractivity contribution is 6.32. The van der Waals surface area contributed by atoms with Crippen LogP contribution in [-0.4, -0.2) is 11.1 Å². The molecule has 0 atom stereocenters. The predicted octanol–water partition coefficient (Wildman–Crippen LogP) is 3.00. The van der Waals surface area contributed by atoms with Gasteiger partial charge in [0.1, 0.15) is 12.4 Å². The van der Waals surface area contributed by atoms with Crippen LogP contribution in [0.2, 0.25) is 5.02 Å². The van der Waals surface area contributed by atoms with Crippen LogP contribution in [0.1, 0.15) is 16.7 Å². The summed E-state index contributed by atoms with van der Waals surface area (Å²) in [5.74, 6) is -0.313. The Morgan fingerprint density at radius 2 is 1.90 bits per heavy atom. The van der Waals surface area contributed by atoms with Gasteiger partial charge in [-0.15, -0.1) is 0 Å². The SMILES string of the molecule is NCc1ccc(OCc2ccccc2CC(=O)O)c(Cl)c1. The van der Waals surface area contributed by atoms with E-state index in [1.165, 1.54) is 0 Å². The molecule has 0 saturated carbocycles. The van der Waals surface area contributed by atoms with Crippen LogP contribution < -0.4 is 10.5 Å². The second-order valence-corrected chi connectivity index (χ2v) is 5.00. The first-order valence-corrected chi connectivity index (χ1v) is 6.88. The monoisotopic (exact) mass is 305 g/mol. The van der Waals surface area contributed by atoms with Crippen LogP contribution in [-0.2, 0) is 24.4 Å². The summed E-state index contributed by atoms with van der Waals surface area (Å²) >= 11 is 6.12. The molecule has 2 aromatic rings. The minimum Gasteiger partial charge on any atom is -0.487 e. The van der Waals surface area contributed by atoms with Gasteiger partial charge in [0.15, 0.2) is 0 Å². The zero-order valence-corrected chi connectivity index (χ0v) is 12.1. The normalized spacial score (nSPS) is 10.4. The third kappa shape index (κ3) is 4.21. The van der Waals surface area contributed by atoms with Gasteiger partial charge in [-0.1, -0.05) is 41.9 Å². The summed E-state index contributed by atoms with van der Waals surface area (Å²) in [6, 6.07) is 12.7. The maximum Gasteiger partial charge on any atom is 0.307 e. The first-order chi connectivity index (χ1) is 10.1. The Labute approximate surface area is 128 Å². The van der Waals surface area contributed by atoms with E-state index in [4.69, 9.17) is 27.2 Å². The van der Waals surface area contributed by atoms with Gasteiger partial charge >= 0.3 is 5.97 Å². The Bertz CT molecular complexity index is 643. The molecule has 21 heavy (non-hydrogen) atoms. The summed E-state index contributed by atoms with van der Waals surface area (Å²) in [5.41, 5.74) is 8.04. The van der Waals surface area contributed by atoms with Gasteiger partial charge < -0.3 is 15.6 Å². The van der Waals surface area contributed by atoms with Crippen LogP contribution >= 0.6 is 11.6 Å². The van der Waals surface area contributed by atoms with E-state index < -0.39 is 5.97 Å². The molecule has 2 rings (SSSR count). The number of halogens is 1. The molecular weight excluding hydrogens is 290 g/mol. The molecule has 0 aliphatic heterocycles. The lowest BCUT2D eigenvalue weighted by atomic mass is 10.1. The third-order valence-electron chi connectivity index (χ3n) is 3.08. The van der Waals surface area contributed by atoms with Gasteiger partial charge in [-0.05, 0) is 28.8 Å². The second kappa shape index (κ2) is 7.11. The largest absolute Gasteiger partial charge is 0.487 e. The summed E-state index contributed by atoms with van der Waals surface area (Å²) in [6.45, 7) is 0.687. The van der Waals surface area contributed by atoms with Crippen LogP contribution in [0.4, 0.5) is 0 Å². The number of carboxylic acid groups (broad SMARTS) is 1. The van der Waals surface area contributed by atoms with Gasteiger partial charge in [-0.3, -0.25) is 4.79 Å². The average Bonchev–Trinajstić information content (AvgIpc) is 2.46. The van der Waals surface area contributed by atoms with Crippen LogP contribution in [0.3, 0.4) is 0 Å². The summed E-state index contributed by atoms with van der Waals surface area (Å²) in [5, 5.41) is 9.40. The highest BCUT2D eigenvalue weighted by Gasteiger charge is 2.08. The standard InChI is InChI=1S/C16H16ClNO3/c17-14-7-11(9-18)5-6-15(14)21-10-13-4-2-1-3-12(13)8-16(19)20/h1-7H,8-10,18H2,(H,19,20). The van der Waals surface area contributed by atoms with Crippen molar-refractivity contribution in [1.29, 1.82) is 0 Å². The van der Waals surface area contributed by atoms with Crippen molar-refractivity contribution in [3.8, 4) is 5.75 Å². The molecule has 5 heteroatoms. The predicted molar refractivity (Wildman–Crippen MR) is 81.5 cm³/mol. The van der Waals surface area contributed by atoms with Crippen molar-refractivity contribution in [2.24, 2.45) is 5.73 Å². The van der Waals surface area contributed by atoms with E-state index in [1.54, 1.807) is 18.2 Å². The second-order valence-electron chi connectivity index (χ2n) is 4.60. The molecule has 0 unspecified atom stereocenters. The molecule has 0 radical (unpaired) electrons. The van der Waals surface area contributed by atoms with E-state index in [0.717, 1.165) is 16.7 Å². The smallest absolute Gasteiger partial charge is 0.307 e. The van der Waals surface area contributed by atoms with Gasteiger partial charge in [0.2, 0.25) is 0 Å². The Morgan fingerprint density at radius 1 is 1.19 bits per heavy atom. The van der Waals surface area contributed by atoms with Crippen molar-refractivity contribution in [2.75, 3.05) is 0 Å². The molecule has 0 aliphatic carbocycles. The van der Waals surface area contributed by atoms with Crippen molar-refractivity contribution < 1.29 is 14.6 Å². The summed E-state index contributed by atoms with van der Waals surface area (Å²) in [7, 11) is 0. The van der Waals surface area contributed by atoms with Gasteiger partial charge in [-0.25, -0.2) is 0 Å². The van der Waals surface area contributed by atoms with E-state index in [0.29, 0.717) is 17.3 Å². The summed E-state index contributed by atoms with van der Waals surface area (Å²) in [6.07, 6.45) is -0.0284. The van der Waals surface area contributed by atoms with Crippen LogP contribution in [0.15, 0.2) is 42.5 Å². The number of hydrogen-bond donors (Lipinski definition) is 2. The van der Waals surface area contributed by atoms with Crippen LogP contribution in [0.5, 0.6) is 5.75 Å². The van der Waals surface area contributed by atoms with Crippen molar-refractivity contribution >= 4 is 17.6 Å². The topological polar surface area (TPSA) is 72.5 Å². The first kappa shape index (κ1) is 15.4. The molecule has 0 fully saturated rings. The lowest BCUT2D eigenvalue weighted by Gasteiger charge is -2.11. The Balaban J connectivity index is 2.11. The number of rotatable bonds is 6. The highest BCUT2D eigenvalue weighted by atomic mass is 35.5. The molecule has 0 spiro atoms. The average molecular weight is 306 g/mol. The minimum absolute atomic E-state index is 0.0284. The van der Waals surface area contributed by atoms with E-state index in [9.17, 15) is 4.79 Å². The van der Waals surface area contributed by atoms with E-state index >= 15 is 0 Å². The molecule has 0 aromatic heterocycles. The first-order valence-electron chi connectivity index (χ1n) is 6.50. The van der Waals surface area contributed by atoms with Crippen molar-refractivity contribution in [1.82, 2.24) is 0 Å². The lowest BCUT2D eigenvalue weighted by molar-refractivity contribution is -0.136. The number of benzene rings is 2. The van der Waals surface area contributed by atoms with Gasteiger partial charge in [-0.2, -0.15) is 0 Å². The van der Waals surface area contributed by atoms with E-state index in [2.05, 4.69) is 0 Å². The van der Waals surface area contributed by atoms with Crippen molar-refractivity contribution in [3.05, 3.63) is 64.2 Å². The van der Waals surface area contributed by atoms with Gasteiger partial charge in [0, 0.05) is 6.54 Å². The fourth-order valence-corrected chi connectivity index (χ4v) is 2.24. The Morgan fingerprint density at radius 3 is 2.52 bits per heavy atom. The highest BCUT2D eigenvalue weighted by Crippen LogP contribution is 2.26. The van der Waals surface area contributed by atoms with E-state index in [-0.39, 0.29) is 13.0 Å². The molecule has 0 saturated heterocycles. The van der Waals surface area contributed by atoms with Crippen LogP contribution in [0.25, 0.3) is 0 Å². The van der Waals surface area contributed by atoms with Gasteiger partial charge in [0.05, 0.1) is 11.4 Å². The zero-order valence-electron chi connectivity index (χ0n) is 11.4. The number of ether oxygens (including phenoxy) is 1. The summed E-state index contributed by atoms with van der Waals surface area (Å²) < 4.78 is 5.68. The van der Waals surface area contributed by atoms with Crippen LogP contribution in [0, 0.1) is 0 Å². The number of aliphatic carboxylic acids is 1. The minimum atomic E-state index is -0.868. The number of carboxylic acids is 1. The fraction of sp³-hybridized carbons (Fsp3) is 0.188. The molecule has 110 valence electrons. The third-order valence-corrected chi connectivity index (χ3v) is 3.37. The number of carbonyl (C=O) groups is 1. The number of hydrogen-bond acceptors (Lipinski definition) is 3. The molecule has 2 aromatic carbocycles. The maximum atomic E-state index is 10.8. The fourth-order valence-electron chi connectivity index (χ4n) is 1.98. The van der Waals surface area contributed by atoms with Gasteiger partial charge in [0.25, 0.3) is 0 Å². The number of nitrogens with two attached hydrogens (primary N) is 1. The quantitative estimate of drug-likeness (QED) is 0.860. The van der Waals surface area contributed by atoms with Crippen molar-refractivity contribution in [3.63, 3.8) is 0 Å². The maximum absolute atomic E-state index is 10.8. The Kier molecular flexibility index (Phi) is 5.20. The summed E-state index contributed by atoms with van der Waals surface area (Å²) in [4.78, 5) is 10.8. The van der Waals surface area contributed by atoms with E-state index in [1.807, 2.05) is 24.3 Å². The zero-order chi connectivity index (χ0) is 15.2. The Hall–Kier alpha value is -2.04.